The Hall–Kier alpha value is -0.260. The zero-order chi connectivity index (χ0) is 7.68. The van der Waals surface area contributed by atoms with Crippen molar-refractivity contribution in [3.05, 3.63) is 11.6 Å². The molecular weight excluding hydrogens is 132 g/mol. The van der Waals surface area contributed by atoms with Gasteiger partial charge in [0.05, 0.1) is 0 Å². The van der Waals surface area contributed by atoms with Gasteiger partial charge in [0.25, 0.3) is 0 Å². The standard InChI is InChI=1S/C11H18/c1-2-9-7-10-5-3-4-6-11(10)8-9/h2,10-11H,3-8H2,1H3. The minimum Gasteiger partial charge on any atom is -0.0884 e. The second-order valence-electron chi connectivity index (χ2n) is 4.16. The van der Waals surface area contributed by atoms with E-state index in [4.69, 9.17) is 0 Å². The maximum atomic E-state index is 2.35. The monoisotopic (exact) mass is 150 g/mol. The predicted octanol–water partition coefficient (Wildman–Crippen LogP) is 3.53. The van der Waals surface area contributed by atoms with Crippen LogP contribution in [0.1, 0.15) is 45.4 Å². The van der Waals surface area contributed by atoms with E-state index in [1.807, 2.05) is 0 Å². The molecule has 0 N–H and O–H groups in total. The first-order valence-corrected chi connectivity index (χ1v) is 5.04. The molecule has 2 rings (SSSR count). The number of rotatable bonds is 0. The Labute approximate surface area is 69.7 Å². The molecular formula is C11H18. The molecule has 0 saturated heterocycles. The van der Waals surface area contributed by atoms with Gasteiger partial charge in [0, 0.05) is 0 Å². The van der Waals surface area contributed by atoms with Crippen molar-refractivity contribution in [2.24, 2.45) is 11.8 Å². The molecule has 2 unspecified atom stereocenters. The van der Waals surface area contributed by atoms with E-state index in [-0.39, 0.29) is 0 Å². The van der Waals surface area contributed by atoms with Crippen molar-refractivity contribution in [3.8, 4) is 0 Å². The molecule has 0 aliphatic heterocycles. The maximum Gasteiger partial charge on any atom is -0.0289 e. The van der Waals surface area contributed by atoms with Gasteiger partial charge in [0.15, 0.2) is 0 Å². The summed E-state index contributed by atoms with van der Waals surface area (Å²) in [5.41, 5.74) is 1.74. The smallest absolute Gasteiger partial charge is 0.0289 e. The van der Waals surface area contributed by atoms with Crippen LogP contribution in [0.15, 0.2) is 11.6 Å². The molecule has 0 aromatic carbocycles. The average molecular weight is 150 g/mol. The van der Waals surface area contributed by atoms with Crippen molar-refractivity contribution in [2.45, 2.75) is 45.4 Å². The minimum absolute atomic E-state index is 1.08. The lowest BCUT2D eigenvalue weighted by Crippen LogP contribution is -2.12. The van der Waals surface area contributed by atoms with E-state index in [2.05, 4.69) is 13.0 Å². The van der Waals surface area contributed by atoms with Crippen LogP contribution in [0.2, 0.25) is 0 Å². The van der Waals surface area contributed by atoms with Crippen molar-refractivity contribution in [1.29, 1.82) is 0 Å². The van der Waals surface area contributed by atoms with Crippen LogP contribution in [-0.4, -0.2) is 0 Å². The normalized spacial score (nSPS) is 37.0. The molecule has 0 spiro atoms. The highest BCUT2D eigenvalue weighted by molar-refractivity contribution is 5.10. The molecule has 2 aliphatic carbocycles. The van der Waals surface area contributed by atoms with Gasteiger partial charge in [-0.15, -0.1) is 0 Å². The zero-order valence-corrected chi connectivity index (χ0v) is 7.47. The third-order valence-electron chi connectivity index (χ3n) is 3.52. The van der Waals surface area contributed by atoms with Crippen LogP contribution in [-0.2, 0) is 0 Å². The quantitative estimate of drug-likeness (QED) is 0.463. The summed E-state index contributed by atoms with van der Waals surface area (Å²) in [7, 11) is 0. The Morgan fingerprint density at radius 1 is 1.09 bits per heavy atom. The van der Waals surface area contributed by atoms with Crippen molar-refractivity contribution in [1.82, 2.24) is 0 Å². The molecule has 0 bridgehead atoms. The molecule has 0 amide bonds. The topological polar surface area (TPSA) is 0 Å². The Bertz CT molecular complexity index is 151. The highest BCUT2D eigenvalue weighted by Gasteiger charge is 2.31. The summed E-state index contributed by atoms with van der Waals surface area (Å²) in [5.74, 6) is 2.16. The number of fused-ring (bicyclic) bond motifs is 1. The fraction of sp³-hybridized carbons (Fsp3) is 0.818. The minimum atomic E-state index is 1.08. The summed E-state index contributed by atoms with van der Waals surface area (Å²) in [6, 6.07) is 0. The third kappa shape index (κ3) is 1.36. The van der Waals surface area contributed by atoms with Crippen LogP contribution in [0.4, 0.5) is 0 Å². The predicted molar refractivity (Wildman–Crippen MR) is 48.4 cm³/mol. The second-order valence-corrected chi connectivity index (χ2v) is 4.16. The Kier molecular flexibility index (Phi) is 2.02. The van der Waals surface area contributed by atoms with Gasteiger partial charge < -0.3 is 0 Å². The third-order valence-corrected chi connectivity index (χ3v) is 3.52. The van der Waals surface area contributed by atoms with Gasteiger partial charge in [-0.05, 0) is 44.4 Å². The molecule has 0 radical (unpaired) electrons. The van der Waals surface area contributed by atoms with Crippen LogP contribution in [0.3, 0.4) is 0 Å². The molecule has 2 aliphatic rings. The highest BCUT2D eigenvalue weighted by Crippen LogP contribution is 2.44. The first kappa shape index (κ1) is 7.39. The van der Waals surface area contributed by atoms with E-state index in [0.29, 0.717) is 0 Å². The Morgan fingerprint density at radius 2 is 1.64 bits per heavy atom. The SMILES string of the molecule is CC=C1CC2CCCCC2C1. The summed E-state index contributed by atoms with van der Waals surface area (Å²) in [4.78, 5) is 0. The van der Waals surface area contributed by atoms with Gasteiger partial charge in [0.1, 0.15) is 0 Å². The van der Waals surface area contributed by atoms with Crippen molar-refractivity contribution in [2.75, 3.05) is 0 Å². The fourth-order valence-corrected chi connectivity index (χ4v) is 2.81. The van der Waals surface area contributed by atoms with E-state index < -0.39 is 0 Å². The van der Waals surface area contributed by atoms with E-state index in [1.165, 1.54) is 38.5 Å². The van der Waals surface area contributed by atoms with Crippen molar-refractivity contribution < 1.29 is 0 Å². The van der Waals surface area contributed by atoms with Crippen LogP contribution >= 0.6 is 0 Å². The lowest BCUT2D eigenvalue weighted by molar-refractivity contribution is 0.277. The van der Waals surface area contributed by atoms with E-state index in [9.17, 15) is 0 Å². The van der Waals surface area contributed by atoms with Gasteiger partial charge in [-0.2, -0.15) is 0 Å². The number of hydrogen-bond acceptors (Lipinski definition) is 0. The molecule has 0 aromatic rings. The lowest BCUT2D eigenvalue weighted by atomic mass is 9.82. The molecule has 62 valence electrons. The molecule has 0 aromatic heterocycles. The van der Waals surface area contributed by atoms with Gasteiger partial charge in [-0.3, -0.25) is 0 Å². The Morgan fingerprint density at radius 3 is 2.09 bits per heavy atom. The van der Waals surface area contributed by atoms with E-state index in [0.717, 1.165) is 11.8 Å². The zero-order valence-electron chi connectivity index (χ0n) is 7.47. The number of hydrogen-bond donors (Lipinski definition) is 0. The van der Waals surface area contributed by atoms with Gasteiger partial charge in [-0.1, -0.05) is 24.5 Å². The van der Waals surface area contributed by atoms with Gasteiger partial charge >= 0.3 is 0 Å². The molecule has 2 saturated carbocycles. The maximum absolute atomic E-state index is 2.35. The lowest BCUT2D eigenvalue weighted by Gasteiger charge is -2.23. The summed E-state index contributed by atoms with van der Waals surface area (Å²) >= 11 is 0. The molecule has 2 fully saturated rings. The summed E-state index contributed by atoms with van der Waals surface area (Å²) < 4.78 is 0. The van der Waals surface area contributed by atoms with E-state index >= 15 is 0 Å². The van der Waals surface area contributed by atoms with Crippen LogP contribution in [0, 0.1) is 11.8 Å². The molecule has 0 nitrogen and oxygen atoms in total. The van der Waals surface area contributed by atoms with Crippen LogP contribution in [0.25, 0.3) is 0 Å². The summed E-state index contributed by atoms with van der Waals surface area (Å²) in [5, 5.41) is 0. The summed E-state index contributed by atoms with van der Waals surface area (Å²) in [6.45, 7) is 2.20. The average Bonchev–Trinajstić information content (AvgIpc) is 2.46. The highest BCUT2D eigenvalue weighted by atomic mass is 14.4. The molecule has 2 atom stereocenters. The second kappa shape index (κ2) is 3.00. The first-order valence-electron chi connectivity index (χ1n) is 5.04. The van der Waals surface area contributed by atoms with E-state index in [1.54, 1.807) is 5.57 Å². The number of allylic oxidation sites excluding steroid dienone is 2. The summed E-state index contributed by atoms with van der Waals surface area (Å²) in [6.07, 6.45) is 11.2. The van der Waals surface area contributed by atoms with Crippen LogP contribution < -0.4 is 0 Å². The molecule has 0 heterocycles. The van der Waals surface area contributed by atoms with Crippen molar-refractivity contribution in [3.63, 3.8) is 0 Å². The first-order chi connectivity index (χ1) is 5.40. The Balaban J connectivity index is 2.03. The molecule has 11 heavy (non-hydrogen) atoms. The van der Waals surface area contributed by atoms with Gasteiger partial charge in [0.2, 0.25) is 0 Å². The largest absolute Gasteiger partial charge is 0.0884 e. The van der Waals surface area contributed by atoms with Gasteiger partial charge in [-0.25, -0.2) is 0 Å². The molecule has 0 heteroatoms. The fourth-order valence-electron chi connectivity index (χ4n) is 2.81. The van der Waals surface area contributed by atoms with Crippen molar-refractivity contribution >= 4 is 0 Å². The van der Waals surface area contributed by atoms with Crippen LogP contribution in [0.5, 0.6) is 0 Å².